The number of carbonyl (C=O) groups is 1. The van der Waals surface area contributed by atoms with Gasteiger partial charge in [0.05, 0.1) is 16.3 Å². The Morgan fingerprint density at radius 3 is 2.39 bits per heavy atom. The van der Waals surface area contributed by atoms with Crippen LogP contribution in [0.1, 0.15) is 15.4 Å². The fourth-order valence-electron chi connectivity index (χ4n) is 3.91. The van der Waals surface area contributed by atoms with Crippen LogP contribution in [0.15, 0.2) is 54.6 Å². The summed E-state index contributed by atoms with van der Waals surface area (Å²) in [5.41, 5.74) is 2.42. The molecule has 0 saturated carbocycles. The average molecular weight is 439 g/mol. The molecule has 0 atom stereocenters. The Hall–Kier alpha value is -3.26. The number of amides is 1. The lowest BCUT2D eigenvalue weighted by Crippen LogP contribution is -2.48. The first-order valence-corrected chi connectivity index (χ1v) is 10.9. The summed E-state index contributed by atoms with van der Waals surface area (Å²) in [5.74, 6) is -0.569. The normalized spacial score (nSPS) is 14.4. The van der Waals surface area contributed by atoms with Crippen molar-refractivity contribution < 1.29 is 13.6 Å². The molecule has 1 amide bonds. The summed E-state index contributed by atoms with van der Waals surface area (Å²) in [7, 11) is 0. The summed E-state index contributed by atoms with van der Waals surface area (Å²) in [5, 5.41) is 5.48. The van der Waals surface area contributed by atoms with Gasteiger partial charge in [-0.1, -0.05) is 6.07 Å². The lowest BCUT2D eigenvalue weighted by Gasteiger charge is -2.36. The second kappa shape index (κ2) is 7.77. The molecule has 1 aliphatic heterocycles. The zero-order valence-electron chi connectivity index (χ0n) is 16.9. The van der Waals surface area contributed by atoms with Crippen molar-refractivity contribution in [3.63, 3.8) is 0 Å². The number of aromatic nitrogens is 2. The Morgan fingerprint density at radius 2 is 1.68 bits per heavy atom. The van der Waals surface area contributed by atoms with Gasteiger partial charge in [0.1, 0.15) is 16.5 Å². The summed E-state index contributed by atoms with van der Waals surface area (Å²) in [6.45, 7) is 4.37. The van der Waals surface area contributed by atoms with E-state index in [9.17, 15) is 13.6 Å². The number of rotatable bonds is 3. The van der Waals surface area contributed by atoms with Gasteiger partial charge in [0.2, 0.25) is 0 Å². The van der Waals surface area contributed by atoms with Crippen molar-refractivity contribution in [3.05, 3.63) is 76.8 Å². The molecule has 1 fully saturated rings. The second-order valence-electron chi connectivity index (χ2n) is 7.56. The van der Waals surface area contributed by atoms with Crippen molar-refractivity contribution in [1.82, 2.24) is 14.7 Å². The zero-order valence-corrected chi connectivity index (χ0v) is 17.7. The predicted octanol–water partition coefficient (Wildman–Crippen LogP) is 4.64. The van der Waals surface area contributed by atoms with Crippen LogP contribution in [0.4, 0.5) is 14.5 Å². The summed E-state index contributed by atoms with van der Waals surface area (Å²) in [6, 6.07) is 14.6. The van der Waals surface area contributed by atoms with Crippen LogP contribution in [0.25, 0.3) is 15.9 Å². The van der Waals surface area contributed by atoms with Gasteiger partial charge in [-0.3, -0.25) is 4.79 Å². The molecule has 0 aliphatic carbocycles. The first-order chi connectivity index (χ1) is 15.0. The van der Waals surface area contributed by atoms with Gasteiger partial charge in [0, 0.05) is 37.3 Å². The van der Waals surface area contributed by atoms with E-state index in [4.69, 9.17) is 0 Å². The van der Waals surface area contributed by atoms with Crippen LogP contribution >= 0.6 is 11.3 Å². The molecule has 2 aromatic heterocycles. The molecule has 1 saturated heterocycles. The molecule has 158 valence electrons. The number of aryl methyl sites for hydroxylation is 1. The van der Waals surface area contributed by atoms with Crippen LogP contribution in [0.5, 0.6) is 0 Å². The predicted molar refractivity (Wildman–Crippen MR) is 118 cm³/mol. The number of hydrogen-bond donors (Lipinski definition) is 0. The standard InChI is InChI=1S/C23H20F2N4OS/c1-15-20-14-21(31-23(20)29(26-15)18-7-5-16(24)6-8-18)22(30)28-11-9-27(10-12-28)19-4-2-3-17(25)13-19/h2-8,13-14H,9-12H2,1H3. The van der Waals surface area contributed by atoms with Crippen molar-refractivity contribution in [3.8, 4) is 5.69 Å². The number of nitrogens with zero attached hydrogens (tertiary/aromatic N) is 4. The van der Waals surface area contributed by atoms with E-state index in [0.29, 0.717) is 31.1 Å². The van der Waals surface area contributed by atoms with Crippen LogP contribution < -0.4 is 4.90 Å². The number of benzene rings is 2. The van der Waals surface area contributed by atoms with Gasteiger partial charge in [-0.2, -0.15) is 5.10 Å². The van der Waals surface area contributed by atoms with E-state index in [-0.39, 0.29) is 17.5 Å². The maximum Gasteiger partial charge on any atom is 0.264 e. The van der Waals surface area contributed by atoms with Gasteiger partial charge >= 0.3 is 0 Å². The summed E-state index contributed by atoms with van der Waals surface area (Å²) >= 11 is 1.40. The van der Waals surface area contributed by atoms with Crippen molar-refractivity contribution in [2.45, 2.75) is 6.92 Å². The number of anilines is 1. The Balaban J connectivity index is 1.36. The van der Waals surface area contributed by atoms with E-state index in [1.54, 1.807) is 22.9 Å². The van der Waals surface area contributed by atoms with Crippen molar-refractivity contribution in [2.24, 2.45) is 0 Å². The molecule has 5 rings (SSSR count). The van der Waals surface area contributed by atoms with E-state index in [1.165, 1.54) is 35.6 Å². The summed E-state index contributed by atoms with van der Waals surface area (Å²) in [6.07, 6.45) is 0. The number of halogens is 2. The molecule has 31 heavy (non-hydrogen) atoms. The van der Waals surface area contributed by atoms with Crippen LogP contribution in [0.2, 0.25) is 0 Å². The second-order valence-corrected chi connectivity index (χ2v) is 8.59. The molecule has 0 radical (unpaired) electrons. The fraction of sp³-hybridized carbons (Fsp3) is 0.217. The van der Waals surface area contributed by atoms with Gasteiger partial charge in [-0.25, -0.2) is 13.5 Å². The molecule has 8 heteroatoms. The third kappa shape index (κ3) is 3.67. The molecular formula is C23H20F2N4OS. The van der Waals surface area contributed by atoms with Crippen LogP contribution in [-0.2, 0) is 0 Å². The molecule has 0 bridgehead atoms. The number of thiophene rings is 1. The first kappa shape index (κ1) is 19.7. The SMILES string of the molecule is Cc1nn(-c2ccc(F)cc2)c2sc(C(=O)N3CCN(c4cccc(F)c4)CC3)cc12. The smallest absolute Gasteiger partial charge is 0.264 e. The molecule has 0 unspecified atom stereocenters. The lowest BCUT2D eigenvalue weighted by molar-refractivity contribution is 0.0751. The molecule has 5 nitrogen and oxygen atoms in total. The van der Waals surface area contributed by atoms with Gasteiger partial charge in [0.15, 0.2) is 0 Å². The van der Waals surface area contributed by atoms with Crippen molar-refractivity contribution in [1.29, 1.82) is 0 Å². The van der Waals surface area contributed by atoms with Gasteiger partial charge in [0.25, 0.3) is 5.91 Å². The van der Waals surface area contributed by atoms with E-state index in [2.05, 4.69) is 10.00 Å². The minimum Gasteiger partial charge on any atom is -0.368 e. The fourth-order valence-corrected chi connectivity index (χ4v) is 5.06. The Labute approximate surface area is 182 Å². The lowest BCUT2D eigenvalue weighted by atomic mass is 10.2. The van der Waals surface area contributed by atoms with Crippen LogP contribution in [-0.4, -0.2) is 46.8 Å². The van der Waals surface area contributed by atoms with Crippen LogP contribution in [0.3, 0.4) is 0 Å². The third-order valence-corrected chi connectivity index (χ3v) is 6.67. The Bertz CT molecular complexity index is 1260. The molecule has 3 heterocycles. The Kier molecular flexibility index (Phi) is 4.94. The van der Waals surface area contributed by atoms with E-state index in [1.807, 2.05) is 24.0 Å². The monoisotopic (exact) mass is 438 g/mol. The van der Waals surface area contributed by atoms with Gasteiger partial charge in [-0.05, 0) is 55.5 Å². The molecule has 0 N–H and O–H groups in total. The molecule has 1 aliphatic rings. The quantitative estimate of drug-likeness (QED) is 0.468. The number of carbonyl (C=O) groups excluding carboxylic acids is 1. The number of piperazine rings is 1. The highest BCUT2D eigenvalue weighted by molar-refractivity contribution is 7.20. The molecule has 4 aromatic rings. The van der Waals surface area contributed by atoms with Crippen LogP contribution in [0, 0.1) is 18.6 Å². The Morgan fingerprint density at radius 1 is 0.935 bits per heavy atom. The van der Waals surface area contributed by atoms with E-state index >= 15 is 0 Å². The van der Waals surface area contributed by atoms with Crippen molar-refractivity contribution >= 4 is 33.1 Å². The number of hydrogen-bond acceptors (Lipinski definition) is 4. The first-order valence-electron chi connectivity index (χ1n) is 10.0. The maximum absolute atomic E-state index is 13.5. The average Bonchev–Trinajstić information content (AvgIpc) is 3.35. The van der Waals surface area contributed by atoms with Gasteiger partial charge < -0.3 is 9.80 Å². The summed E-state index contributed by atoms with van der Waals surface area (Å²) < 4.78 is 28.6. The third-order valence-electron chi connectivity index (χ3n) is 5.57. The molecular weight excluding hydrogens is 418 g/mol. The highest BCUT2D eigenvalue weighted by Crippen LogP contribution is 2.31. The zero-order chi connectivity index (χ0) is 21.5. The van der Waals surface area contributed by atoms with Gasteiger partial charge in [-0.15, -0.1) is 11.3 Å². The highest BCUT2D eigenvalue weighted by Gasteiger charge is 2.25. The topological polar surface area (TPSA) is 41.4 Å². The molecule has 0 spiro atoms. The molecule has 2 aromatic carbocycles. The van der Waals surface area contributed by atoms with E-state index in [0.717, 1.165) is 27.3 Å². The van der Waals surface area contributed by atoms with Crippen molar-refractivity contribution in [2.75, 3.05) is 31.1 Å². The highest BCUT2D eigenvalue weighted by atomic mass is 32.1. The minimum absolute atomic E-state index is 0.00912. The summed E-state index contributed by atoms with van der Waals surface area (Å²) in [4.78, 5) is 18.6. The minimum atomic E-state index is -0.302. The maximum atomic E-state index is 13.5. The van der Waals surface area contributed by atoms with E-state index < -0.39 is 0 Å². The largest absolute Gasteiger partial charge is 0.368 e. The number of fused-ring (bicyclic) bond motifs is 1.